The predicted octanol–water partition coefficient (Wildman–Crippen LogP) is 9.07. The zero-order chi connectivity index (χ0) is 28.3. The Hall–Kier alpha value is -2.88. The summed E-state index contributed by atoms with van der Waals surface area (Å²) in [5, 5.41) is 12.2. The molecular formula is C35H41IrN2O2-. The van der Waals surface area contributed by atoms with E-state index in [0.717, 1.165) is 48.0 Å². The number of aromatic nitrogens is 2. The second-order valence-corrected chi connectivity index (χ2v) is 11.1. The predicted molar refractivity (Wildman–Crippen MR) is 162 cm³/mol. The van der Waals surface area contributed by atoms with E-state index >= 15 is 0 Å². The van der Waals surface area contributed by atoms with Crippen molar-refractivity contribution in [3.05, 3.63) is 83.3 Å². The van der Waals surface area contributed by atoms with Crippen LogP contribution in [0.5, 0.6) is 0 Å². The van der Waals surface area contributed by atoms with Crippen molar-refractivity contribution in [1.82, 2.24) is 9.97 Å². The Balaban J connectivity index is 0.000000243. The van der Waals surface area contributed by atoms with Gasteiger partial charge in [0.1, 0.15) is 0 Å². The fraction of sp³-hybridized carbons (Fsp3) is 0.400. The number of hydrogen-bond donors (Lipinski definition) is 1. The normalized spacial score (nSPS) is 13.6. The quantitative estimate of drug-likeness (QED) is 0.118. The molecule has 1 aliphatic rings. The second kappa shape index (κ2) is 13.2. The van der Waals surface area contributed by atoms with Crippen LogP contribution in [0.3, 0.4) is 0 Å². The van der Waals surface area contributed by atoms with E-state index in [2.05, 4.69) is 74.3 Å². The summed E-state index contributed by atoms with van der Waals surface area (Å²) in [6.45, 7) is 14.8. The van der Waals surface area contributed by atoms with Crippen LogP contribution in [0.1, 0.15) is 83.9 Å². The number of rotatable bonds is 7. The van der Waals surface area contributed by atoms with E-state index in [1.165, 1.54) is 33.5 Å². The summed E-state index contributed by atoms with van der Waals surface area (Å²) in [7, 11) is 0. The standard InChI is InChI=1S/C22H17N2.C13H24O2.Ir/c1-13-6-4-8-18-15(13)12-17-21(24-18)14-10-11-23-19-9-5-7-16(20(14)19)22(17,2)3;1-5-10(6-2)12(14)9-13(15)11(7-3)8-4;/h4-9,11-12H,1-3H3;9-11,14H,5-8H2,1-4H3;/q-1;;/b;12-9-;. The van der Waals surface area contributed by atoms with Crippen molar-refractivity contribution in [3.63, 3.8) is 0 Å². The van der Waals surface area contributed by atoms with E-state index < -0.39 is 0 Å². The number of allylic oxidation sites excluding steroid dienone is 2. The van der Waals surface area contributed by atoms with E-state index in [1.54, 1.807) is 6.20 Å². The monoisotopic (exact) mass is 714 g/mol. The summed E-state index contributed by atoms with van der Waals surface area (Å²) >= 11 is 0. The summed E-state index contributed by atoms with van der Waals surface area (Å²) in [4.78, 5) is 21.3. The summed E-state index contributed by atoms with van der Waals surface area (Å²) in [5.41, 5.74) is 7.92. The molecule has 0 spiro atoms. The maximum absolute atomic E-state index is 11.7. The number of fused-ring (bicyclic) bond motifs is 3. The molecule has 0 atom stereocenters. The van der Waals surface area contributed by atoms with Crippen molar-refractivity contribution in [2.75, 3.05) is 0 Å². The number of carbonyl (C=O) groups is 1. The Morgan fingerprint density at radius 3 is 2.23 bits per heavy atom. The Labute approximate surface area is 252 Å². The molecule has 4 nitrogen and oxygen atoms in total. The van der Waals surface area contributed by atoms with Crippen LogP contribution in [0.15, 0.2) is 60.5 Å². The van der Waals surface area contributed by atoms with Crippen molar-refractivity contribution >= 4 is 27.6 Å². The molecule has 1 aliphatic carbocycles. The Morgan fingerprint density at radius 1 is 0.950 bits per heavy atom. The van der Waals surface area contributed by atoms with E-state index in [9.17, 15) is 9.90 Å². The van der Waals surface area contributed by atoms with Crippen molar-refractivity contribution in [2.24, 2.45) is 11.8 Å². The van der Waals surface area contributed by atoms with Crippen LogP contribution < -0.4 is 0 Å². The minimum absolute atomic E-state index is 0. The number of nitrogens with zero attached hydrogens (tertiary/aromatic N) is 2. The minimum atomic E-state index is -0.109. The SMILES string of the molecule is CCC(CC)C(=O)/C=C(\O)C(CC)CC.Cc1cccc2nc3c(cc12)C(C)(C)c1cccc2nc[c-]c-3c12.[Ir]. The third-order valence-corrected chi connectivity index (χ3v) is 8.45. The molecular weight excluding hydrogens is 673 g/mol. The van der Waals surface area contributed by atoms with Gasteiger partial charge in [-0.2, -0.15) is 11.6 Å². The zero-order valence-electron chi connectivity index (χ0n) is 24.8. The second-order valence-electron chi connectivity index (χ2n) is 11.1. The van der Waals surface area contributed by atoms with Gasteiger partial charge in [-0.15, -0.1) is 0 Å². The molecule has 5 heteroatoms. The molecule has 0 bridgehead atoms. The van der Waals surface area contributed by atoms with Crippen molar-refractivity contribution in [2.45, 2.75) is 79.6 Å². The molecule has 40 heavy (non-hydrogen) atoms. The van der Waals surface area contributed by atoms with Gasteiger partial charge >= 0.3 is 0 Å². The van der Waals surface area contributed by atoms with Gasteiger partial charge in [-0.25, -0.2) is 0 Å². The molecule has 0 unspecified atom stereocenters. The first-order chi connectivity index (χ1) is 18.7. The summed E-state index contributed by atoms with van der Waals surface area (Å²) in [6.07, 6.45) is 6.68. The van der Waals surface area contributed by atoms with Gasteiger partial charge in [0.2, 0.25) is 0 Å². The van der Waals surface area contributed by atoms with Crippen LogP contribution in [0, 0.1) is 24.8 Å². The first-order valence-electron chi connectivity index (χ1n) is 14.3. The molecule has 0 aliphatic heterocycles. The van der Waals surface area contributed by atoms with Gasteiger partial charge in [0, 0.05) is 48.9 Å². The molecule has 1 N–H and O–H groups in total. The van der Waals surface area contributed by atoms with Crippen LogP contribution in [-0.4, -0.2) is 20.9 Å². The van der Waals surface area contributed by atoms with Gasteiger partial charge in [0.15, 0.2) is 5.78 Å². The Morgan fingerprint density at radius 2 is 1.57 bits per heavy atom. The van der Waals surface area contributed by atoms with Crippen molar-refractivity contribution in [3.8, 4) is 11.3 Å². The summed E-state index contributed by atoms with van der Waals surface area (Å²) in [6, 6.07) is 18.4. The average Bonchev–Trinajstić information content (AvgIpc) is 2.93. The van der Waals surface area contributed by atoms with Crippen molar-refractivity contribution in [1.29, 1.82) is 0 Å². The van der Waals surface area contributed by atoms with Crippen molar-refractivity contribution < 1.29 is 30.0 Å². The smallest absolute Gasteiger partial charge is 0.162 e. The number of benzene rings is 2. The molecule has 0 saturated carbocycles. The minimum Gasteiger partial charge on any atom is -0.512 e. The van der Waals surface area contributed by atoms with Gasteiger partial charge in [-0.05, 0) is 67.6 Å². The Kier molecular flexibility index (Phi) is 10.4. The molecule has 2 aromatic heterocycles. The van der Waals surface area contributed by atoms with E-state index in [0.29, 0.717) is 0 Å². The van der Waals surface area contributed by atoms with Crippen LogP contribution >= 0.6 is 0 Å². The average molecular weight is 714 g/mol. The largest absolute Gasteiger partial charge is 0.512 e. The number of aliphatic hydroxyl groups excluding tert-OH is 1. The first-order valence-corrected chi connectivity index (χ1v) is 14.3. The first kappa shape index (κ1) is 31.6. The number of aliphatic hydroxyl groups is 1. The number of aryl methyl sites for hydroxylation is 1. The number of pyridine rings is 2. The molecule has 4 aromatic rings. The third-order valence-electron chi connectivity index (χ3n) is 8.45. The topological polar surface area (TPSA) is 63.1 Å². The summed E-state index contributed by atoms with van der Waals surface area (Å²) in [5.74, 6) is 0.547. The molecule has 0 saturated heterocycles. The maximum Gasteiger partial charge on any atom is 0.162 e. The van der Waals surface area contributed by atoms with Crippen LogP contribution in [0.25, 0.3) is 33.1 Å². The van der Waals surface area contributed by atoms with Gasteiger partial charge in [-0.1, -0.05) is 88.4 Å². The molecule has 2 heterocycles. The number of carbonyl (C=O) groups excluding carboxylic acids is 1. The third kappa shape index (κ3) is 5.92. The van der Waals surface area contributed by atoms with Crippen LogP contribution in [-0.2, 0) is 30.3 Å². The number of hydrogen-bond acceptors (Lipinski definition) is 4. The number of ketones is 1. The zero-order valence-corrected chi connectivity index (χ0v) is 27.2. The molecule has 2 aromatic carbocycles. The van der Waals surface area contributed by atoms with Gasteiger partial charge in [0.05, 0.1) is 11.3 Å². The van der Waals surface area contributed by atoms with Gasteiger partial charge in [-0.3, -0.25) is 9.78 Å². The molecule has 0 amide bonds. The van der Waals surface area contributed by atoms with E-state index in [1.807, 2.05) is 27.7 Å². The Bertz CT molecular complexity index is 1530. The molecule has 213 valence electrons. The molecule has 0 fully saturated rings. The van der Waals surface area contributed by atoms with Gasteiger partial charge < -0.3 is 10.1 Å². The summed E-state index contributed by atoms with van der Waals surface area (Å²) < 4.78 is 0. The van der Waals surface area contributed by atoms with Crippen LogP contribution in [0.2, 0.25) is 0 Å². The maximum atomic E-state index is 11.7. The fourth-order valence-corrected chi connectivity index (χ4v) is 5.79. The fourth-order valence-electron chi connectivity index (χ4n) is 5.79. The van der Waals surface area contributed by atoms with Gasteiger partial charge in [0.25, 0.3) is 0 Å². The van der Waals surface area contributed by atoms with Crippen LogP contribution in [0.4, 0.5) is 0 Å². The molecule has 5 rings (SSSR count). The van der Waals surface area contributed by atoms with E-state index in [4.69, 9.17) is 4.98 Å². The molecule has 1 radical (unpaired) electrons. The van der Waals surface area contributed by atoms with E-state index in [-0.39, 0.29) is 48.9 Å².